The third kappa shape index (κ3) is 4.69. The molecule has 0 bridgehead atoms. The fourth-order valence-corrected chi connectivity index (χ4v) is 3.42. The van der Waals surface area contributed by atoms with Crippen LogP contribution in [0.25, 0.3) is 11.0 Å². The average molecular weight is 384 g/mol. The van der Waals surface area contributed by atoms with Crippen molar-refractivity contribution >= 4 is 34.3 Å². The Morgan fingerprint density at radius 1 is 1.11 bits per heavy atom. The molecule has 27 heavy (non-hydrogen) atoms. The van der Waals surface area contributed by atoms with Crippen molar-refractivity contribution in [3.05, 3.63) is 53.1 Å². The second-order valence-electron chi connectivity index (χ2n) is 6.83. The van der Waals surface area contributed by atoms with Crippen molar-refractivity contribution in [2.75, 3.05) is 0 Å². The summed E-state index contributed by atoms with van der Waals surface area (Å²) >= 11 is 6.08. The van der Waals surface area contributed by atoms with Crippen LogP contribution in [0.2, 0.25) is 5.02 Å². The lowest BCUT2D eigenvalue weighted by Crippen LogP contribution is -2.00. The van der Waals surface area contributed by atoms with Crippen molar-refractivity contribution in [2.45, 2.75) is 52.5 Å². The first-order valence-electron chi connectivity index (χ1n) is 9.59. The lowest BCUT2D eigenvalue weighted by Gasteiger charge is -2.08. The van der Waals surface area contributed by atoms with Crippen LogP contribution in [-0.4, -0.2) is 20.4 Å². The zero-order chi connectivity index (χ0) is 19.2. The van der Waals surface area contributed by atoms with E-state index in [0.29, 0.717) is 22.2 Å². The van der Waals surface area contributed by atoms with Crippen LogP contribution in [0.1, 0.15) is 51.5 Å². The van der Waals surface area contributed by atoms with Crippen LogP contribution in [0.3, 0.4) is 0 Å². The van der Waals surface area contributed by atoms with Crippen molar-refractivity contribution in [2.24, 2.45) is 4.99 Å². The van der Waals surface area contributed by atoms with Gasteiger partial charge in [0.05, 0.1) is 16.7 Å². The van der Waals surface area contributed by atoms with E-state index in [1.807, 2.05) is 25.1 Å². The summed E-state index contributed by atoms with van der Waals surface area (Å²) in [6.07, 6.45) is 6.09. The number of benzene rings is 2. The van der Waals surface area contributed by atoms with Gasteiger partial charge in [0.1, 0.15) is 5.75 Å². The molecule has 0 aliphatic carbocycles. The van der Waals surface area contributed by atoms with E-state index < -0.39 is 0 Å². The van der Waals surface area contributed by atoms with Crippen molar-refractivity contribution in [3.8, 4) is 5.75 Å². The summed E-state index contributed by atoms with van der Waals surface area (Å²) in [5.74, 6) is 0.839. The molecule has 1 N–H and O–H groups in total. The highest BCUT2D eigenvalue weighted by Gasteiger charge is 2.12. The monoisotopic (exact) mass is 383 g/mol. The average Bonchev–Trinajstić information content (AvgIpc) is 3.00. The summed E-state index contributed by atoms with van der Waals surface area (Å²) in [6.45, 7) is 4.98. The number of halogens is 1. The van der Waals surface area contributed by atoms with Crippen LogP contribution in [0, 0.1) is 0 Å². The highest BCUT2D eigenvalue weighted by atomic mass is 35.5. The summed E-state index contributed by atoms with van der Waals surface area (Å²) < 4.78 is 2.17. The molecule has 0 saturated carbocycles. The molecule has 0 spiro atoms. The van der Waals surface area contributed by atoms with Gasteiger partial charge in [0, 0.05) is 17.1 Å². The Kier molecular flexibility index (Phi) is 6.51. The number of hydrogen-bond acceptors (Lipinski definition) is 3. The first-order chi connectivity index (χ1) is 13.1. The van der Waals surface area contributed by atoms with Gasteiger partial charge in [-0.1, -0.05) is 56.3 Å². The number of rotatable bonds is 8. The summed E-state index contributed by atoms with van der Waals surface area (Å²) in [6, 6.07) is 13.1. The highest BCUT2D eigenvalue weighted by molar-refractivity contribution is 6.31. The van der Waals surface area contributed by atoms with E-state index in [2.05, 4.69) is 17.6 Å². The molecule has 1 heterocycles. The van der Waals surface area contributed by atoms with E-state index in [4.69, 9.17) is 21.6 Å². The van der Waals surface area contributed by atoms with Gasteiger partial charge in [-0.2, -0.15) is 0 Å². The molecule has 4 nitrogen and oxygen atoms in total. The van der Waals surface area contributed by atoms with Gasteiger partial charge in [0.2, 0.25) is 5.95 Å². The van der Waals surface area contributed by atoms with E-state index in [1.165, 1.54) is 25.7 Å². The van der Waals surface area contributed by atoms with Gasteiger partial charge in [-0.25, -0.2) is 9.98 Å². The standard InChI is InChI=1S/C22H26ClN3O/c1-3-4-5-6-9-14-26-20-11-8-7-10-19(20)25-22(26)24-16(2)18-15-17(23)12-13-21(18)27/h7-8,10-13,15,27H,3-6,9,14H2,1-2H3. The fraction of sp³-hybridized carbons (Fsp3) is 0.364. The number of phenols is 1. The van der Waals surface area contributed by atoms with E-state index in [1.54, 1.807) is 18.2 Å². The maximum absolute atomic E-state index is 10.1. The Hall–Kier alpha value is -2.33. The number of aromatic nitrogens is 2. The lowest BCUT2D eigenvalue weighted by molar-refractivity contribution is 0.474. The molecule has 5 heteroatoms. The van der Waals surface area contributed by atoms with Gasteiger partial charge in [-0.3, -0.25) is 0 Å². The molecule has 0 aliphatic rings. The molecule has 0 atom stereocenters. The number of unbranched alkanes of at least 4 members (excludes halogenated alkanes) is 4. The quantitative estimate of drug-likeness (QED) is 0.356. The molecule has 3 aromatic rings. The zero-order valence-corrected chi connectivity index (χ0v) is 16.7. The van der Waals surface area contributed by atoms with Gasteiger partial charge in [0.15, 0.2) is 0 Å². The molecule has 0 fully saturated rings. The van der Waals surface area contributed by atoms with Gasteiger partial charge < -0.3 is 9.67 Å². The highest BCUT2D eigenvalue weighted by Crippen LogP contribution is 2.26. The fourth-order valence-electron chi connectivity index (χ4n) is 3.25. The second kappa shape index (κ2) is 9.05. The minimum Gasteiger partial charge on any atom is -0.507 e. The molecule has 0 saturated heterocycles. The van der Waals surface area contributed by atoms with Crippen molar-refractivity contribution in [3.63, 3.8) is 0 Å². The molecule has 3 rings (SSSR count). The van der Waals surface area contributed by atoms with Crippen LogP contribution < -0.4 is 0 Å². The number of nitrogens with zero attached hydrogens (tertiary/aromatic N) is 3. The molecular formula is C22H26ClN3O. The number of aliphatic imine (C=N–C) groups is 1. The van der Waals surface area contributed by atoms with E-state index in [9.17, 15) is 5.11 Å². The van der Waals surface area contributed by atoms with Crippen molar-refractivity contribution in [1.29, 1.82) is 0 Å². The molecule has 0 unspecified atom stereocenters. The van der Waals surface area contributed by atoms with Crippen LogP contribution >= 0.6 is 11.6 Å². The van der Waals surface area contributed by atoms with Crippen molar-refractivity contribution in [1.82, 2.24) is 9.55 Å². The predicted molar refractivity (Wildman–Crippen MR) is 113 cm³/mol. The van der Waals surface area contributed by atoms with E-state index >= 15 is 0 Å². The first kappa shape index (κ1) is 19.4. The molecule has 1 aromatic heterocycles. The number of hydrogen-bond donors (Lipinski definition) is 1. The Balaban J connectivity index is 1.93. The van der Waals surface area contributed by atoms with E-state index in [0.717, 1.165) is 24.0 Å². The van der Waals surface area contributed by atoms with Gasteiger partial charge in [-0.15, -0.1) is 0 Å². The summed E-state index contributed by atoms with van der Waals surface area (Å²) in [4.78, 5) is 9.44. The summed E-state index contributed by atoms with van der Waals surface area (Å²) in [5.41, 5.74) is 3.35. The lowest BCUT2D eigenvalue weighted by atomic mass is 10.1. The van der Waals surface area contributed by atoms with Gasteiger partial charge in [-0.05, 0) is 43.7 Å². The minimum absolute atomic E-state index is 0.169. The largest absolute Gasteiger partial charge is 0.507 e. The Morgan fingerprint density at radius 3 is 2.70 bits per heavy atom. The van der Waals surface area contributed by atoms with Crippen LogP contribution in [0.5, 0.6) is 5.75 Å². The topological polar surface area (TPSA) is 50.4 Å². The van der Waals surface area contributed by atoms with Crippen LogP contribution in [0.15, 0.2) is 47.5 Å². The molecule has 0 amide bonds. The molecular weight excluding hydrogens is 358 g/mol. The zero-order valence-electron chi connectivity index (χ0n) is 16.0. The SMILES string of the molecule is CCCCCCCn1c(N=C(C)c2cc(Cl)ccc2O)nc2ccccc21. The van der Waals surface area contributed by atoms with Gasteiger partial charge >= 0.3 is 0 Å². The third-order valence-corrected chi connectivity index (χ3v) is 4.97. The maximum Gasteiger partial charge on any atom is 0.230 e. The number of aryl methyl sites for hydroxylation is 1. The molecule has 2 aromatic carbocycles. The van der Waals surface area contributed by atoms with Crippen molar-refractivity contribution < 1.29 is 5.11 Å². The Bertz CT molecular complexity index is 946. The number of fused-ring (bicyclic) bond motifs is 1. The predicted octanol–water partition coefficient (Wildman–Crippen LogP) is 6.51. The second-order valence-corrected chi connectivity index (χ2v) is 7.26. The molecule has 0 aliphatic heterocycles. The Labute approximate surface area is 165 Å². The number of phenolic OH excluding ortho intramolecular Hbond substituents is 1. The Morgan fingerprint density at radius 2 is 1.89 bits per heavy atom. The molecule has 0 radical (unpaired) electrons. The summed E-state index contributed by atoms with van der Waals surface area (Å²) in [7, 11) is 0. The number of aromatic hydroxyl groups is 1. The van der Waals surface area contributed by atoms with Crippen LogP contribution in [-0.2, 0) is 6.54 Å². The minimum atomic E-state index is 0.169. The van der Waals surface area contributed by atoms with Crippen LogP contribution in [0.4, 0.5) is 5.95 Å². The van der Waals surface area contributed by atoms with Gasteiger partial charge in [0.25, 0.3) is 0 Å². The van der Waals surface area contributed by atoms with E-state index in [-0.39, 0.29) is 5.75 Å². The number of imidazole rings is 1. The molecule has 142 valence electrons. The normalized spacial score (nSPS) is 12.0. The first-order valence-corrected chi connectivity index (χ1v) is 9.97. The number of para-hydroxylation sites is 2. The smallest absolute Gasteiger partial charge is 0.230 e. The summed E-state index contributed by atoms with van der Waals surface area (Å²) in [5, 5.41) is 10.7. The third-order valence-electron chi connectivity index (χ3n) is 4.74. The maximum atomic E-state index is 10.1.